The number of ketones is 1. The molecule has 1 nitrogen and oxygen atoms in total. The fourth-order valence-corrected chi connectivity index (χ4v) is 2.02. The summed E-state index contributed by atoms with van der Waals surface area (Å²) in [6.45, 7) is 1.92. The van der Waals surface area contributed by atoms with Gasteiger partial charge in [-0.25, -0.2) is 4.39 Å². The summed E-state index contributed by atoms with van der Waals surface area (Å²) < 4.78 is 13.6. The molecule has 0 heterocycles. The van der Waals surface area contributed by atoms with E-state index in [1.165, 1.54) is 6.08 Å². The van der Waals surface area contributed by atoms with Crippen LogP contribution in [0.5, 0.6) is 0 Å². The molecular formula is C11H11FO. The Morgan fingerprint density at radius 1 is 1.54 bits per heavy atom. The Balaban J connectivity index is 2.45. The SMILES string of the molecule is CC1=CCCC12C=CC(=O)C=C2F. The van der Waals surface area contributed by atoms with Crippen LogP contribution < -0.4 is 0 Å². The molecule has 0 saturated carbocycles. The standard InChI is InChI=1S/C11H11FO/c1-8-3-2-5-11(8)6-4-9(13)7-10(11)12/h3-4,6-7H,2,5H2,1H3. The first kappa shape index (κ1) is 8.42. The van der Waals surface area contributed by atoms with Crippen LogP contribution in [0.15, 0.2) is 35.7 Å². The van der Waals surface area contributed by atoms with Crippen molar-refractivity contribution in [1.82, 2.24) is 0 Å². The van der Waals surface area contributed by atoms with Crippen molar-refractivity contribution in [1.29, 1.82) is 0 Å². The van der Waals surface area contributed by atoms with E-state index in [1.807, 2.05) is 13.0 Å². The average molecular weight is 178 g/mol. The molecule has 1 atom stereocenters. The zero-order chi connectivity index (χ0) is 9.47. The number of carbonyl (C=O) groups excluding carboxylic acids is 1. The smallest absolute Gasteiger partial charge is 0.180 e. The summed E-state index contributed by atoms with van der Waals surface area (Å²) in [6.07, 6.45) is 7.95. The highest BCUT2D eigenvalue weighted by atomic mass is 19.1. The third kappa shape index (κ3) is 1.09. The molecule has 68 valence electrons. The second-order valence-corrected chi connectivity index (χ2v) is 3.63. The molecule has 1 spiro atoms. The van der Waals surface area contributed by atoms with E-state index >= 15 is 0 Å². The molecule has 1 unspecified atom stereocenters. The van der Waals surface area contributed by atoms with E-state index in [4.69, 9.17) is 0 Å². The first-order valence-corrected chi connectivity index (χ1v) is 4.43. The van der Waals surface area contributed by atoms with Crippen molar-refractivity contribution in [2.75, 3.05) is 0 Å². The quantitative estimate of drug-likeness (QED) is 0.521. The van der Waals surface area contributed by atoms with E-state index < -0.39 is 5.41 Å². The number of allylic oxidation sites excluding steroid dienone is 6. The summed E-state index contributed by atoms with van der Waals surface area (Å²) in [5, 5.41) is 0. The predicted molar refractivity (Wildman–Crippen MR) is 48.8 cm³/mol. The van der Waals surface area contributed by atoms with Gasteiger partial charge in [0, 0.05) is 6.08 Å². The van der Waals surface area contributed by atoms with E-state index in [0.717, 1.165) is 24.5 Å². The summed E-state index contributed by atoms with van der Waals surface area (Å²) >= 11 is 0. The normalized spacial score (nSPS) is 32.3. The van der Waals surface area contributed by atoms with Crippen molar-refractivity contribution < 1.29 is 9.18 Å². The predicted octanol–water partition coefficient (Wildman–Crippen LogP) is 2.71. The summed E-state index contributed by atoms with van der Waals surface area (Å²) in [5.74, 6) is -0.547. The Bertz CT molecular complexity index is 349. The monoisotopic (exact) mass is 178 g/mol. The van der Waals surface area contributed by atoms with Crippen LogP contribution in [-0.4, -0.2) is 5.78 Å². The lowest BCUT2D eigenvalue weighted by Gasteiger charge is -2.27. The van der Waals surface area contributed by atoms with E-state index in [1.54, 1.807) is 6.08 Å². The Hall–Kier alpha value is -1.18. The highest BCUT2D eigenvalue weighted by Gasteiger charge is 2.38. The van der Waals surface area contributed by atoms with Crippen molar-refractivity contribution in [3.8, 4) is 0 Å². The lowest BCUT2D eigenvalue weighted by atomic mass is 9.77. The first-order chi connectivity index (χ1) is 6.15. The largest absolute Gasteiger partial charge is 0.290 e. The van der Waals surface area contributed by atoms with Gasteiger partial charge in [0.15, 0.2) is 5.78 Å². The van der Waals surface area contributed by atoms with Gasteiger partial charge >= 0.3 is 0 Å². The van der Waals surface area contributed by atoms with Crippen LogP contribution in [0.1, 0.15) is 19.8 Å². The van der Waals surface area contributed by atoms with Crippen molar-refractivity contribution in [3.05, 3.63) is 35.7 Å². The third-order valence-electron chi connectivity index (χ3n) is 2.92. The number of hydrogen-bond donors (Lipinski definition) is 0. The van der Waals surface area contributed by atoms with Crippen LogP contribution in [0.25, 0.3) is 0 Å². The zero-order valence-corrected chi connectivity index (χ0v) is 7.51. The van der Waals surface area contributed by atoms with E-state index in [0.29, 0.717) is 0 Å². The lowest BCUT2D eigenvalue weighted by molar-refractivity contribution is -0.110. The maximum absolute atomic E-state index is 13.6. The molecular weight excluding hydrogens is 167 g/mol. The minimum absolute atomic E-state index is 0.247. The molecule has 0 bridgehead atoms. The van der Waals surface area contributed by atoms with Crippen LogP contribution in [0.2, 0.25) is 0 Å². The summed E-state index contributed by atoms with van der Waals surface area (Å²) in [5.41, 5.74) is 0.443. The minimum Gasteiger partial charge on any atom is -0.290 e. The zero-order valence-electron chi connectivity index (χ0n) is 7.51. The van der Waals surface area contributed by atoms with Gasteiger partial charge in [-0.15, -0.1) is 0 Å². The molecule has 0 aromatic rings. The first-order valence-electron chi connectivity index (χ1n) is 4.43. The van der Waals surface area contributed by atoms with E-state index in [2.05, 4.69) is 0 Å². The summed E-state index contributed by atoms with van der Waals surface area (Å²) in [7, 11) is 0. The van der Waals surface area contributed by atoms with Gasteiger partial charge in [0.2, 0.25) is 0 Å². The molecule has 2 rings (SSSR count). The molecule has 0 radical (unpaired) electrons. The van der Waals surface area contributed by atoms with Gasteiger partial charge in [-0.3, -0.25) is 4.79 Å². The molecule has 0 aliphatic heterocycles. The van der Waals surface area contributed by atoms with Crippen LogP contribution in [0, 0.1) is 5.41 Å². The van der Waals surface area contributed by atoms with Gasteiger partial charge in [-0.1, -0.05) is 17.7 Å². The second kappa shape index (κ2) is 2.66. The van der Waals surface area contributed by atoms with Crippen LogP contribution in [0.4, 0.5) is 4.39 Å². The van der Waals surface area contributed by atoms with Gasteiger partial charge < -0.3 is 0 Å². The number of hydrogen-bond acceptors (Lipinski definition) is 1. The molecule has 2 aliphatic rings. The van der Waals surface area contributed by atoms with Gasteiger partial charge in [-0.05, 0) is 25.8 Å². The number of rotatable bonds is 0. The fraction of sp³-hybridized carbons (Fsp3) is 0.364. The number of halogens is 1. The van der Waals surface area contributed by atoms with Crippen LogP contribution >= 0.6 is 0 Å². The number of carbonyl (C=O) groups is 1. The van der Waals surface area contributed by atoms with E-state index in [9.17, 15) is 9.18 Å². The highest BCUT2D eigenvalue weighted by molar-refractivity contribution is 6.01. The molecule has 0 fully saturated rings. The molecule has 0 N–H and O–H groups in total. The van der Waals surface area contributed by atoms with Crippen molar-refractivity contribution in [2.24, 2.45) is 5.41 Å². The van der Waals surface area contributed by atoms with Gasteiger partial charge in [0.05, 0.1) is 5.41 Å². The maximum Gasteiger partial charge on any atom is 0.180 e. The average Bonchev–Trinajstić information content (AvgIpc) is 2.43. The Labute approximate surface area is 76.6 Å². The molecule has 0 aromatic carbocycles. The van der Waals surface area contributed by atoms with Gasteiger partial charge in [-0.2, -0.15) is 0 Å². The topological polar surface area (TPSA) is 17.1 Å². The summed E-state index contributed by atoms with van der Waals surface area (Å²) in [4.78, 5) is 10.9. The van der Waals surface area contributed by atoms with Gasteiger partial charge in [0.1, 0.15) is 5.83 Å². The van der Waals surface area contributed by atoms with Crippen molar-refractivity contribution in [2.45, 2.75) is 19.8 Å². The van der Waals surface area contributed by atoms with Crippen LogP contribution in [0.3, 0.4) is 0 Å². The third-order valence-corrected chi connectivity index (χ3v) is 2.92. The molecule has 0 saturated heterocycles. The molecule has 13 heavy (non-hydrogen) atoms. The van der Waals surface area contributed by atoms with Crippen molar-refractivity contribution >= 4 is 5.78 Å². The molecule has 0 amide bonds. The van der Waals surface area contributed by atoms with Crippen LogP contribution in [-0.2, 0) is 4.79 Å². The Morgan fingerprint density at radius 2 is 2.31 bits per heavy atom. The van der Waals surface area contributed by atoms with E-state index in [-0.39, 0.29) is 11.6 Å². The summed E-state index contributed by atoms with van der Waals surface area (Å²) in [6, 6.07) is 0. The lowest BCUT2D eigenvalue weighted by Crippen LogP contribution is -2.21. The molecule has 0 aromatic heterocycles. The molecule has 2 heteroatoms. The molecule has 2 aliphatic carbocycles. The maximum atomic E-state index is 13.6. The highest BCUT2D eigenvalue weighted by Crippen LogP contribution is 2.47. The second-order valence-electron chi connectivity index (χ2n) is 3.63. The Morgan fingerprint density at radius 3 is 2.85 bits per heavy atom. The van der Waals surface area contributed by atoms with Crippen molar-refractivity contribution in [3.63, 3.8) is 0 Å². The fourth-order valence-electron chi connectivity index (χ4n) is 2.02. The minimum atomic E-state index is -0.575. The Kier molecular flexibility index (Phi) is 1.72. The van der Waals surface area contributed by atoms with Gasteiger partial charge in [0.25, 0.3) is 0 Å².